The molecule has 3 heterocycles. The maximum Gasteiger partial charge on any atom is 0.291 e. The van der Waals surface area contributed by atoms with Crippen LogP contribution in [0.4, 0.5) is 11.5 Å². The number of aromatic amines is 1. The average Bonchev–Trinajstić information content (AvgIpc) is 3.16. The van der Waals surface area contributed by atoms with Gasteiger partial charge in [0.15, 0.2) is 5.82 Å². The van der Waals surface area contributed by atoms with Gasteiger partial charge in [0.25, 0.3) is 5.91 Å². The third-order valence-corrected chi connectivity index (χ3v) is 6.01. The fourth-order valence-electron chi connectivity index (χ4n) is 4.09. The number of anilines is 2. The van der Waals surface area contributed by atoms with E-state index in [2.05, 4.69) is 46.6 Å². The summed E-state index contributed by atoms with van der Waals surface area (Å²) in [6.07, 6.45) is 9.01. The van der Waals surface area contributed by atoms with Crippen LogP contribution in [0.15, 0.2) is 24.4 Å². The number of nitrogen functional groups attached to an aromatic ring is 1. The van der Waals surface area contributed by atoms with Crippen molar-refractivity contribution in [3.8, 4) is 0 Å². The topological polar surface area (TPSA) is 109 Å². The average molecular weight is 395 g/mol. The van der Waals surface area contributed by atoms with E-state index in [0.717, 1.165) is 62.3 Å². The number of amides is 1. The Hall–Kier alpha value is -2.67. The van der Waals surface area contributed by atoms with Crippen LogP contribution in [0, 0.1) is 5.41 Å². The van der Waals surface area contributed by atoms with E-state index < -0.39 is 0 Å². The lowest BCUT2D eigenvalue weighted by Crippen LogP contribution is -2.27. The third-order valence-electron chi connectivity index (χ3n) is 6.01. The van der Waals surface area contributed by atoms with Crippen LogP contribution < -0.4 is 16.4 Å². The van der Waals surface area contributed by atoms with Crippen LogP contribution in [-0.2, 0) is 0 Å². The van der Waals surface area contributed by atoms with Crippen LogP contribution in [0.25, 0.3) is 5.57 Å². The Labute approximate surface area is 171 Å². The number of H-pyrrole nitrogens is 1. The summed E-state index contributed by atoms with van der Waals surface area (Å²) < 4.78 is 0. The Balaban J connectivity index is 1.66. The molecule has 0 aromatic carbocycles. The normalized spacial score (nSPS) is 19.6. The Morgan fingerprint density at radius 3 is 2.72 bits per heavy atom. The molecule has 5 N–H and O–H groups in total. The molecule has 4 rings (SSSR count). The summed E-state index contributed by atoms with van der Waals surface area (Å²) in [6, 6.07) is 4.05. The second-order valence-electron chi connectivity index (χ2n) is 8.90. The number of nitrogens with zero attached hydrogens (tertiary/aromatic N) is 2. The minimum absolute atomic E-state index is 0.203. The van der Waals surface area contributed by atoms with Gasteiger partial charge >= 0.3 is 0 Å². The number of carbonyl (C=O) groups excluding carboxylic acids is 1. The second-order valence-corrected chi connectivity index (χ2v) is 8.90. The summed E-state index contributed by atoms with van der Waals surface area (Å²) in [5.74, 6) is 0.725. The number of nitrogens with two attached hydrogens (primary N) is 1. The standard InChI is InChI=1S/C22H30N6O/c1-22(2)9-5-15(6-10-22)19-17(27-21(29)20-25-13-18(23)28-20)4-3-16(26-19)14-7-11-24-12-8-14/h3-5,13-14,24H,6-12,23H2,1-2H3,(H,25,28)(H,27,29). The molecular weight excluding hydrogens is 364 g/mol. The number of pyridine rings is 1. The van der Waals surface area contributed by atoms with Crippen LogP contribution in [0.3, 0.4) is 0 Å². The molecule has 0 atom stereocenters. The quantitative estimate of drug-likeness (QED) is 0.632. The molecule has 0 bridgehead atoms. The molecule has 1 fully saturated rings. The van der Waals surface area contributed by atoms with E-state index in [0.29, 0.717) is 17.2 Å². The third kappa shape index (κ3) is 4.50. The minimum Gasteiger partial charge on any atom is -0.384 e. The van der Waals surface area contributed by atoms with Crippen molar-refractivity contribution in [2.45, 2.75) is 51.9 Å². The van der Waals surface area contributed by atoms with Crippen molar-refractivity contribution in [2.24, 2.45) is 5.41 Å². The van der Waals surface area contributed by atoms with E-state index in [1.165, 1.54) is 11.8 Å². The van der Waals surface area contributed by atoms with Gasteiger partial charge in [0.05, 0.1) is 17.6 Å². The zero-order chi connectivity index (χ0) is 20.4. The van der Waals surface area contributed by atoms with Crippen LogP contribution in [0.1, 0.15) is 73.9 Å². The SMILES string of the molecule is CC1(C)CC=C(c2nc(C3CCNCC3)ccc2NC(=O)c2ncc(N)[nH]2)CC1. The number of hydrogen-bond donors (Lipinski definition) is 4. The van der Waals surface area contributed by atoms with Crippen LogP contribution in [0.5, 0.6) is 0 Å². The smallest absolute Gasteiger partial charge is 0.291 e. The predicted molar refractivity (Wildman–Crippen MR) is 116 cm³/mol. The van der Waals surface area contributed by atoms with Gasteiger partial charge in [0, 0.05) is 11.6 Å². The highest BCUT2D eigenvalue weighted by Gasteiger charge is 2.26. The van der Waals surface area contributed by atoms with Gasteiger partial charge in [-0.25, -0.2) is 4.98 Å². The van der Waals surface area contributed by atoms with E-state index in [9.17, 15) is 4.79 Å². The minimum atomic E-state index is -0.309. The zero-order valence-electron chi connectivity index (χ0n) is 17.2. The van der Waals surface area contributed by atoms with Crippen molar-refractivity contribution < 1.29 is 4.79 Å². The fourth-order valence-corrected chi connectivity index (χ4v) is 4.09. The molecule has 154 valence electrons. The molecule has 7 nitrogen and oxygen atoms in total. The maximum absolute atomic E-state index is 12.6. The number of hydrogen-bond acceptors (Lipinski definition) is 5. The van der Waals surface area contributed by atoms with Crippen LogP contribution in [-0.4, -0.2) is 33.9 Å². The highest BCUT2D eigenvalue weighted by molar-refractivity contribution is 6.03. The summed E-state index contributed by atoms with van der Waals surface area (Å²) in [5, 5.41) is 6.40. The highest BCUT2D eigenvalue weighted by Crippen LogP contribution is 2.40. The van der Waals surface area contributed by atoms with Crippen molar-refractivity contribution in [1.82, 2.24) is 20.3 Å². The molecule has 2 aromatic rings. The summed E-state index contributed by atoms with van der Waals surface area (Å²) in [6.45, 7) is 6.64. The summed E-state index contributed by atoms with van der Waals surface area (Å²) in [5.41, 5.74) is 9.93. The Kier molecular flexibility index (Phi) is 5.41. The zero-order valence-corrected chi connectivity index (χ0v) is 17.2. The first-order valence-corrected chi connectivity index (χ1v) is 10.4. The van der Waals surface area contributed by atoms with Crippen molar-refractivity contribution in [3.05, 3.63) is 41.6 Å². The van der Waals surface area contributed by atoms with Crippen molar-refractivity contribution in [2.75, 3.05) is 24.1 Å². The molecule has 1 amide bonds. The summed E-state index contributed by atoms with van der Waals surface area (Å²) in [7, 11) is 0. The van der Waals surface area contributed by atoms with Crippen molar-refractivity contribution in [1.29, 1.82) is 0 Å². The first kappa shape index (κ1) is 19.6. The molecule has 0 radical (unpaired) electrons. The number of imidazole rings is 1. The molecule has 0 spiro atoms. The van der Waals surface area contributed by atoms with E-state index in [1.54, 1.807) is 0 Å². The van der Waals surface area contributed by atoms with Crippen molar-refractivity contribution in [3.63, 3.8) is 0 Å². The number of aromatic nitrogens is 3. The van der Waals surface area contributed by atoms with Gasteiger partial charge in [-0.15, -0.1) is 0 Å². The largest absolute Gasteiger partial charge is 0.384 e. The molecular formula is C22H30N6O. The number of nitrogens with one attached hydrogen (secondary N) is 3. The van der Waals surface area contributed by atoms with E-state index >= 15 is 0 Å². The molecule has 2 aromatic heterocycles. The molecule has 0 saturated carbocycles. The van der Waals surface area contributed by atoms with Gasteiger partial charge in [0.2, 0.25) is 0 Å². The van der Waals surface area contributed by atoms with E-state index in [4.69, 9.17) is 10.7 Å². The van der Waals surface area contributed by atoms with Gasteiger partial charge in [-0.3, -0.25) is 9.78 Å². The predicted octanol–water partition coefficient (Wildman–Crippen LogP) is 3.70. The van der Waals surface area contributed by atoms with E-state index in [1.807, 2.05) is 6.07 Å². The molecule has 0 unspecified atom stereocenters. The number of rotatable bonds is 4. The Bertz CT molecular complexity index is 923. The van der Waals surface area contributed by atoms with Gasteiger partial charge in [-0.1, -0.05) is 19.9 Å². The van der Waals surface area contributed by atoms with Crippen molar-refractivity contribution >= 4 is 23.0 Å². The molecule has 29 heavy (non-hydrogen) atoms. The molecule has 2 aliphatic rings. The Morgan fingerprint density at radius 1 is 1.28 bits per heavy atom. The number of piperidine rings is 1. The van der Waals surface area contributed by atoms with Crippen LogP contribution in [0.2, 0.25) is 0 Å². The molecule has 1 saturated heterocycles. The monoisotopic (exact) mass is 394 g/mol. The van der Waals surface area contributed by atoms with Crippen LogP contribution >= 0.6 is 0 Å². The lowest BCUT2D eigenvalue weighted by Gasteiger charge is -2.29. The van der Waals surface area contributed by atoms with E-state index in [-0.39, 0.29) is 11.7 Å². The summed E-state index contributed by atoms with van der Waals surface area (Å²) in [4.78, 5) is 24.5. The lowest BCUT2D eigenvalue weighted by molar-refractivity contribution is 0.101. The maximum atomic E-state index is 12.6. The first-order chi connectivity index (χ1) is 13.9. The fraction of sp³-hybridized carbons (Fsp3) is 0.500. The highest BCUT2D eigenvalue weighted by atomic mass is 16.2. The van der Waals surface area contributed by atoms with Gasteiger partial charge in [0.1, 0.15) is 5.82 Å². The molecule has 7 heteroatoms. The van der Waals surface area contributed by atoms with Gasteiger partial charge in [-0.05, 0) is 68.3 Å². The first-order valence-electron chi connectivity index (χ1n) is 10.4. The molecule has 1 aliphatic carbocycles. The Morgan fingerprint density at radius 2 is 2.07 bits per heavy atom. The molecule has 1 aliphatic heterocycles. The summed E-state index contributed by atoms with van der Waals surface area (Å²) >= 11 is 0. The number of allylic oxidation sites excluding steroid dienone is 2. The van der Waals surface area contributed by atoms with Gasteiger partial charge < -0.3 is 21.4 Å². The number of carbonyl (C=O) groups is 1. The second kappa shape index (κ2) is 7.99. The lowest BCUT2D eigenvalue weighted by atomic mass is 9.77. The van der Waals surface area contributed by atoms with Gasteiger partial charge in [-0.2, -0.15) is 0 Å².